The number of aromatic nitrogens is 1. The van der Waals surface area contributed by atoms with Crippen LogP contribution in [0.3, 0.4) is 0 Å². The molecule has 0 aliphatic rings. The van der Waals surface area contributed by atoms with Gasteiger partial charge in [0.15, 0.2) is 0 Å². The minimum absolute atomic E-state index is 0.00398. The maximum atomic E-state index is 10.9. The molecular formula is C11H12N2OS. The van der Waals surface area contributed by atoms with Crippen LogP contribution in [0.5, 0.6) is 0 Å². The van der Waals surface area contributed by atoms with Crippen LogP contribution in [0.2, 0.25) is 0 Å². The van der Waals surface area contributed by atoms with E-state index in [9.17, 15) is 4.79 Å². The topological polar surface area (TPSA) is 44.9 Å². The molecule has 78 valence electrons. The van der Waals surface area contributed by atoms with E-state index < -0.39 is 0 Å². The van der Waals surface area contributed by atoms with Crippen LogP contribution in [0.1, 0.15) is 11.3 Å². The summed E-state index contributed by atoms with van der Waals surface area (Å²) in [7, 11) is 0. The number of rotatable bonds is 3. The molecule has 15 heavy (non-hydrogen) atoms. The minimum atomic E-state index is -0.00398. The quantitative estimate of drug-likeness (QED) is 0.834. The van der Waals surface area contributed by atoms with E-state index in [-0.39, 0.29) is 4.87 Å². The maximum absolute atomic E-state index is 10.9. The smallest absolute Gasteiger partial charge is 0.304 e. The van der Waals surface area contributed by atoms with Crippen molar-refractivity contribution < 1.29 is 0 Å². The average molecular weight is 220 g/mol. The second-order valence-corrected chi connectivity index (χ2v) is 4.24. The van der Waals surface area contributed by atoms with Gasteiger partial charge in [0.25, 0.3) is 0 Å². The monoisotopic (exact) mass is 220 g/mol. The first kappa shape index (κ1) is 9.98. The van der Waals surface area contributed by atoms with E-state index in [4.69, 9.17) is 0 Å². The summed E-state index contributed by atoms with van der Waals surface area (Å²) >= 11 is 1.19. The van der Waals surface area contributed by atoms with E-state index in [1.807, 2.05) is 17.5 Å². The molecule has 0 saturated heterocycles. The van der Waals surface area contributed by atoms with Crippen molar-refractivity contribution in [3.05, 3.63) is 50.6 Å². The lowest BCUT2D eigenvalue weighted by Crippen LogP contribution is -2.02. The van der Waals surface area contributed by atoms with E-state index in [1.54, 1.807) is 0 Å². The molecule has 0 atom stereocenters. The molecule has 0 amide bonds. The minimum Gasteiger partial charge on any atom is -0.379 e. The maximum Gasteiger partial charge on any atom is 0.304 e. The normalized spacial score (nSPS) is 10.2. The highest BCUT2D eigenvalue weighted by Gasteiger charge is 1.96. The van der Waals surface area contributed by atoms with Crippen LogP contribution >= 0.6 is 11.3 Å². The zero-order chi connectivity index (χ0) is 10.7. The Kier molecular flexibility index (Phi) is 2.87. The van der Waals surface area contributed by atoms with Gasteiger partial charge in [0, 0.05) is 16.8 Å². The molecule has 0 radical (unpaired) electrons. The summed E-state index contributed by atoms with van der Waals surface area (Å²) in [5, 5.41) is 5.07. The third-order valence-corrected chi connectivity index (χ3v) is 2.82. The van der Waals surface area contributed by atoms with Gasteiger partial charge in [-0.25, -0.2) is 0 Å². The lowest BCUT2D eigenvalue weighted by Gasteiger charge is -2.04. The molecule has 0 bridgehead atoms. The summed E-state index contributed by atoms with van der Waals surface area (Å²) < 4.78 is 0. The van der Waals surface area contributed by atoms with Crippen LogP contribution in [0.25, 0.3) is 0 Å². The number of thiazole rings is 1. The summed E-state index contributed by atoms with van der Waals surface area (Å²) in [6.07, 6.45) is 0. The fraction of sp³-hybridized carbons (Fsp3) is 0.182. The zero-order valence-electron chi connectivity index (χ0n) is 8.41. The molecule has 0 unspecified atom stereocenters. The zero-order valence-corrected chi connectivity index (χ0v) is 9.23. The molecular weight excluding hydrogens is 208 g/mol. The van der Waals surface area contributed by atoms with E-state index in [2.05, 4.69) is 29.4 Å². The number of hydrogen-bond donors (Lipinski definition) is 2. The summed E-state index contributed by atoms with van der Waals surface area (Å²) in [5.41, 5.74) is 3.22. The van der Waals surface area contributed by atoms with E-state index in [0.29, 0.717) is 6.54 Å². The summed E-state index contributed by atoms with van der Waals surface area (Å²) in [6.45, 7) is 2.71. The Morgan fingerprint density at radius 3 is 2.67 bits per heavy atom. The predicted molar refractivity (Wildman–Crippen MR) is 63.4 cm³/mol. The largest absolute Gasteiger partial charge is 0.379 e. The van der Waals surface area contributed by atoms with E-state index >= 15 is 0 Å². The Bertz CT molecular complexity index is 484. The SMILES string of the molecule is Cc1ccc(NCc2csc(=O)[nH]2)cc1. The fourth-order valence-corrected chi connectivity index (χ4v) is 1.85. The van der Waals surface area contributed by atoms with Crippen molar-refractivity contribution in [3.63, 3.8) is 0 Å². The Hall–Kier alpha value is -1.55. The molecule has 0 aliphatic carbocycles. The highest BCUT2D eigenvalue weighted by molar-refractivity contribution is 7.07. The van der Waals surface area contributed by atoms with Crippen LogP contribution < -0.4 is 10.2 Å². The van der Waals surface area contributed by atoms with Crippen molar-refractivity contribution in [2.45, 2.75) is 13.5 Å². The molecule has 0 saturated carbocycles. The number of hydrogen-bond acceptors (Lipinski definition) is 3. The number of anilines is 1. The van der Waals surface area contributed by atoms with Gasteiger partial charge in [-0.15, -0.1) is 0 Å². The lowest BCUT2D eigenvalue weighted by atomic mass is 10.2. The standard InChI is InChI=1S/C11H12N2OS/c1-8-2-4-9(5-3-8)12-6-10-7-15-11(14)13-10/h2-5,7,12H,6H2,1H3,(H,13,14). The van der Waals surface area contributed by atoms with Crippen molar-refractivity contribution in [3.8, 4) is 0 Å². The van der Waals surface area contributed by atoms with Crippen molar-refractivity contribution in [2.75, 3.05) is 5.32 Å². The second kappa shape index (κ2) is 4.31. The van der Waals surface area contributed by atoms with Gasteiger partial charge in [-0.3, -0.25) is 4.79 Å². The van der Waals surface area contributed by atoms with Crippen molar-refractivity contribution in [1.29, 1.82) is 0 Å². The Balaban J connectivity index is 1.99. The molecule has 2 aromatic rings. The molecule has 4 heteroatoms. The highest BCUT2D eigenvalue weighted by atomic mass is 32.1. The van der Waals surface area contributed by atoms with Crippen LogP contribution in [-0.2, 0) is 6.54 Å². The van der Waals surface area contributed by atoms with Gasteiger partial charge in [0.1, 0.15) is 0 Å². The number of aromatic amines is 1. The molecule has 1 heterocycles. The predicted octanol–water partition coefficient (Wildman–Crippen LogP) is 2.36. The number of benzene rings is 1. The summed E-state index contributed by atoms with van der Waals surface area (Å²) in [4.78, 5) is 13.6. The lowest BCUT2D eigenvalue weighted by molar-refractivity contribution is 1.06. The molecule has 2 N–H and O–H groups in total. The van der Waals surface area contributed by atoms with Gasteiger partial charge >= 0.3 is 4.87 Å². The molecule has 1 aromatic heterocycles. The van der Waals surface area contributed by atoms with Crippen LogP contribution in [0.15, 0.2) is 34.4 Å². The first-order chi connectivity index (χ1) is 7.24. The molecule has 0 aliphatic heterocycles. The second-order valence-electron chi connectivity index (χ2n) is 3.39. The molecule has 2 rings (SSSR count). The van der Waals surface area contributed by atoms with Gasteiger partial charge in [0.05, 0.1) is 6.54 Å². The summed E-state index contributed by atoms with van der Waals surface area (Å²) in [6, 6.07) is 8.16. The van der Waals surface area contributed by atoms with Gasteiger partial charge in [-0.2, -0.15) is 0 Å². The van der Waals surface area contributed by atoms with E-state index in [1.165, 1.54) is 16.9 Å². The number of nitrogens with one attached hydrogen (secondary N) is 2. The molecule has 1 aromatic carbocycles. The third kappa shape index (κ3) is 2.70. The van der Waals surface area contributed by atoms with Crippen molar-refractivity contribution in [2.24, 2.45) is 0 Å². The van der Waals surface area contributed by atoms with Crippen molar-refractivity contribution in [1.82, 2.24) is 4.98 Å². The van der Waals surface area contributed by atoms with E-state index in [0.717, 1.165) is 11.4 Å². The van der Waals surface area contributed by atoms with Crippen LogP contribution in [0, 0.1) is 6.92 Å². The molecule has 3 nitrogen and oxygen atoms in total. The number of H-pyrrole nitrogens is 1. The highest BCUT2D eigenvalue weighted by Crippen LogP contribution is 2.09. The van der Waals surface area contributed by atoms with Gasteiger partial charge in [-0.05, 0) is 19.1 Å². The van der Waals surface area contributed by atoms with Gasteiger partial charge in [0.2, 0.25) is 0 Å². The Morgan fingerprint density at radius 1 is 1.33 bits per heavy atom. The third-order valence-electron chi connectivity index (χ3n) is 2.11. The van der Waals surface area contributed by atoms with Crippen LogP contribution in [0.4, 0.5) is 5.69 Å². The van der Waals surface area contributed by atoms with Crippen LogP contribution in [-0.4, -0.2) is 4.98 Å². The molecule has 0 fully saturated rings. The van der Waals surface area contributed by atoms with Gasteiger partial charge in [-0.1, -0.05) is 29.0 Å². The van der Waals surface area contributed by atoms with Crippen molar-refractivity contribution >= 4 is 17.0 Å². The Morgan fingerprint density at radius 2 is 2.07 bits per heavy atom. The Labute approximate surface area is 91.8 Å². The molecule has 0 spiro atoms. The fourth-order valence-electron chi connectivity index (χ4n) is 1.27. The number of aryl methyl sites for hydroxylation is 1. The first-order valence-corrected chi connectivity index (χ1v) is 5.59. The first-order valence-electron chi connectivity index (χ1n) is 4.71. The van der Waals surface area contributed by atoms with Gasteiger partial charge < -0.3 is 10.3 Å². The summed E-state index contributed by atoms with van der Waals surface area (Å²) in [5.74, 6) is 0. The average Bonchev–Trinajstić information content (AvgIpc) is 2.64.